The summed E-state index contributed by atoms with van der Waals surface area (Å²) >= 11 is 0. The zero-order valence-corrected chi connectivity index (χ0v) is 16.7. The quantitative estimate of drug-likeness (QED) is 0.625. The standard InChI is InChI=1S/C22H22N2O5/c1-5-29-22(26)16-12-23-19-14(7-6-8-15(19)21(25)28-4)20(16)24-17-11-13(2)9-10-18(17)27-3/h6-12H,5H2,1-4H3,(H,23,24). The highest BCUT2D eigenvalue weighted by molar-refractivity contribution is 6.11. The molecule has 150 valence electrons. The summed E-state index contributed by atoms with van der Waals surface area (Å²) in [6.45, 7) is 3.92. The number of nitrogens with zero attached hydrogens (tertiary/aromatic N) is 1. The lowest BCUT2D eigenvalue weighted by molar-refractivity contribution is 0.0526. The molecule has 0 amide bonds. The number of pyridine rings is 1. The Morgan fingerprint density at radius 3 is 2.55 bits per heavy atom. The Bertz CT molecular complexity index is 1080. The van der Waals surface area contributed by atoms with Crippen molar-refractivity contribution < 1.29 is 23.8 Å². The SMILES string of the molecule is CCOC(=O)c1cnc2c(C(=O)OC)cccc2c1Nc1cc(C)ccc1OC. The van der Waals surface area contributed by atoms with Crippen LogP contribution in [0.3, 0.4) is 0 Å². The Hall–Kier alpha value is -3.61. The Morgan fingerprint density at radius 2 is 1.86 bits per heavy atom. The number of carbonyl (C=O) groups is 2. The number of nitrogens with one attached hydrogen (secondary N) is 1. The molecule has 7 nitrogen and oxygen atoms in total. The fourth-order valence-corrected chi connectivity index (χ4v) is 3.05. The first-order valence-electron chi connectivity index (χ1n) is 9.09. The second-order valence-corrected chi connectivity index (χ2v) is 6.29. The average molecular weight is 394 g/mol. The zero-order valence-electron chi connectivity index (χ0n) is 16.7. The minimum absolute atomic E-state index is 0.228. The van der Waals surface area contributed by atoms with Gasteiger partial charge in [0.05, 0.1) is 43.3 Å². The number of anilines is 2. The van der Waals surface area contributed by atoms with Gasteiger partial charge in [0.25, 0.3) is 0 Å². The van der Waals surface area contributed by atoms with Gasteiger partial charge in [0.2, 0.25) is 0 Å². The molecule has 0 spiro atoms. The number of hydrogen-bond acceptors (Lipinski definition) is 7. The maximum atomic E-state index is 12.6. The molecule has 0 unspecified atom stereocenters. The van der Waals surface area contributed by atoms with E-state index in [4.69, 9.17) is 14.2 Å². The summed E-state index contributed by atoms with van der Waals surface area (Å²) in [6.07, 6.45) is 1.40. The molecule has 0 saturated carbocycles. The molecule has 0 aliphatic heterocycles. The van der Waals surface area contributed by atoms with Gasteiger partial charge in [-0.05, 0) is 37.6 Å². The third-order valence-corrected chi connectivity index (χ3v) is 4.41. The monoisotopic (exact) mass is 394 g/mol. The van der Waals surface area contributed by atoms with Gasteiger partial charge in [0.15, 0.2) is 0 Å². The van der Waals surface area contributed by atoms with Crippen LogP contribution in [-0.4, -0.2) is 37.7 Å². The highest BCUT2D eigenvalue weighted by Gasteiger charge is 2.21. The number of benzene rings is 2. The van der Waals surface area contributed by atoms with Crippen LogP contribution >= 0.6 is 0 Å². The van der Waals surface area contributed by atoms with E-state index in [0.717, 1.165) is 5.56 Å². The number of ether oxygens (including phenoxy) is 3. The molecule has 0 aliphatic carbocycles. The number of fused-ring (bicyclic) bond motifs is 1. The fourth-order valence-electron chi connectivity index (χ4n) is 3.05. The van der Waals surface area contributed by atoms with E-state index in [9.17, 15) is 9.59 Å². The molecule has 0 aliphatic rings. The van der Waals surface area contributed by atoms with Crippen LogP contribution in [0.25, 0.3) is 10.9 Å². The third-order valence-electron chi connectivity index (χ3n) is 4.41. The number of rotatable bonds is 6. The largest absolute Gasteiger partial charge is 0.495 e. The van der Waals surface area contributed by atoms with Crippen molar-refractivity contribution in [2.45, 2.75) is 13.8 Å². The van der Waals surface area contributed by atoms with Crippen LogP contribution in [0.4, 0.5) is 11.4 Å². The van der Waals surface area contributed by atoms with E-state index < -0.39 is 11.9 Å². The molecule has 2 aromatic carbocycles. The second-order valence-electron chi connectivity index (χ2n) is 6.29. The van der Waals surface area contributed by atoms with Crippen molar-refractivity contribution in [3.8, 4) is 5.75 Å². The van der Waals surface area contributed by atoms with E-state index in [0.29, 0.717) is 33.6 Å². The minimum atomic E-state index is -0.514. The normalized spacial score (nSPS) is 10.5. The van der Waals surface area contributed by atoms with E-state index in [1.165, 1.54) is 13.3 Å². The Labute approximate surface area is 168 Å². The van der Waals surface area contributed by atoms with Crippen LogP contribution in [-0.2, 0) is 9.47 Å². The molecule has 1 aromatic heterocycles. The van der Waals surface area contributed by atoms with Crippen LogP contribution in [0.15, 0.2) is 42.6 Å². The van der Waals surface area contributed by atoms with Gasteiger partial charge in [0, 0.05) is 11.6 Å². The Kier molecular flexibility index (Phi) is 5.97. The van der Waals surface area contributed by atoms with Gasteiger partial charge in [-0.3, -0.25) is 4.98 Å². The number of esters is 2. The molecule has 3 rings (SSSR count). The molecule has 1 N–H and O–H groups in total. The molecule has 0 bridgehead atoms. The van der Waals surface area contributed by atoms with Crippen molar-refractivity contribution in [2.75, 3.05) is 26.1 Å². The molecule has 7 heteroatoms. The van der Waals surface area contributed by atoms with Crippen LogP contribution in [0.2, 0.25) is 0 Å². The lowest BCUT2D eigenvalue weighted by atomic mass is 10.0. The lowest BCUT2D eigenvalue weighted by Gasteiger charge is -2.17. The topological polar surface area (TPSA) is 86.8 Å². The molecule has 0 atom stereocenters. The van der Waals surface area contributed by atoms with E-state index in [1.807, 2.05) is 25.1 Å². The smallest absolute Gasteiger partial charge is 0.341 e. The second kappa shape index (κ2) is 8.60. The third kappa shape index (κ3) is 3.99. The van der Waals surface area contributed by atoms with E-state index in [-0.39, 0.29) is 12.2 Å². The summed E-state index contributed by atoms with van der Waals surface area (Å²) in [5, 5.41) is 3.87. The molecular formula is C22H22N2O5. The summed E-state index contributed by atoms with van der Waals surface area (Å²) in [5.41, 5.74) is 3.14. The van der Waals surface area contributed by atoms with Crippen molar-refractivity contribution in [2.24, 2.45) is 0 Å². The minimum Gasteiger partial charge on any atom is -0.495 e. The van der Waals surface area contributed by atoms with E-state index in [1.54, 1.807) is 32.2 Å². The van der Waals surface area contributed by atoms with Crippen LogP contribution in [0, 0.1) is 6.92 Å². The summed E-state index contributed by atoms with van der Waals surface area (Å²) in [4.78, 5) is 29.1. The first-order chi connectivity index (χ1) is 14.0. The first kappa shape index (κ1) is 20.1. The highest BCUT2D eigenvalue weighted by atomic mass is 16.5. The molecular weight excluding hydrogens is 372 g/mol. The lowest BCUT2D eigenvalue weighted by Crippen LogP contribution is -2.11. The van der Waals surface area contributed by atoms with Gasteiger partial charge in [0.1, 0.15) is 11.3 Å². The molecule has 0 fully saturated rings. The van der Waals surface area contributed by atoms with E-state index in [2.05, 4.69) is 10.3 Å². The predicted octanol–water partition coefficient (Wildman–Crippen LogP) is 4.26. The van der Waals surface area contributed by atoms with Gasteiger partial charge in [-0.15, -0.1) is 0 Å². The van der Waals surface area contributed by atoms with Crippen molar-refractivity contribution in [3.63, 3.8) is 0 Å². The molecule has 3 aromatic rings. The van der Waals surface area contributed by atoms with Gasteiger partial charge < -0.3 is 19.5 Å². The Morgan fingerprint density at radius 1 is 1.07 bits per heavy atom. The summed E-state index contributed by atoms with van der Waals surface area (Å²) in [6, 6.07) is 10.8. The molecule has 0 saturated heterocycles. The first-order valence-corrected chi connectivity index (χ1v) is 9.09. The Balaban J connectivity index is 2.26. The average Bonchev–Trinajstić information content (AvgIpc) is 2.73. The van der Waals surface area contributed by atoms with Gasteiger partial charge >= 0.3 is 11.9 Å². The number of carbonyl (C=O) groups excluding carboxylic acids is 2. The van der Waals surface area contributed by atoms with Crippen LogP contribution in [0.1, 0.15) is 33.2 Å². The maximum Gasteiger partial charge on any atom is 0.341 e. The van der Waals surface area contributed by atoms with Crippen molar-refractivity contribution in [1.29, 1.82) is 0 Å². The molecule has 0 radical (unpaired) electrons. The van der Waals surface area contributed by atoms with E-state index >= 15 is 0 Å². The molecule has 1 heterocycles. The predicted molar refractivity (Wildman–Crippen MR) is 110 cm³/mol. The van der Waals surface area contributed by atoms with Crippen molar-refractivity contribution in [1.82, 2.24) is 4.98 Å². The summed E-state index contributed by atoms with van der Waals surface area (Å²) in [5.74, 6) is -0.412. The maximum absolute atomic E-state index is 12.6. The van der Waals surface area contributed by atoms with Gasteiger partial charge in [-0.25, -0.2) is 9.59 Å². The van der Waals surface area contributed by atoms with Gasteiger partial charge in [-0.1, -0.05) is 18.2 Å². The zero-order chi connectivity index (χ0) is 21.0. The van der Waals surface area contributed by atoms with Gasteiger partial charge in [-0.2, -0.15) is 0 Å². The number of methoxy groups -OCH3 is 2. The van der Waals surface area contributed by atoms with Crippen molar-refractivity contribution in [3.05, 3.63) is 59.3 Å². The molecule has 29 heavy (non-hydrogen) atoms. The number of aromatic nitrogens is 1. The van der Waals surface area contributed by atoms with Crippen LogP contribution < -0.4 is 10.1 Å². The summed E-state index contributed by atoms with van der Waals surface area (Å²) in [7, 11) is 2.88. The summed E-state index contributed by atoms with van der Waals surface area (Å²) < 4.78 is 15.5. The fraction of sp³-hybridized carbons (Fsp3) is 0.227. The number of para-hydroxylation sites is 1. The van der Waals surface area contributed by atoms with Crippen molar-refractivity contribution >= 4 is 34.2 Å². The highest BCUT2D eigenvalue weighted by Crippen LogP contribution is 2.35. The number of hydrogen-bond donors (Lipinski definition) is 1. The van der Waals surface area contributed by atoms with Crippen LogP contribution in [0.5, 0.6) is 5.75 Å². The number of aryl methyl sites for hydroxylation is 1.